The van der Waals surface area contributed by atoms with Gasteiger partial charge in [-0.05, 0) is 31.2 Å². The number of nitrogens with zero attached hydrogens (tertiary/aromatic N) is 3. The SMILES string of the molecule is CCOc1ccccc1-c1csc(NC(=O)Cn2ncc(=O)c3ccccc32)n1. The van der Waals surface area contributed by atoms with Gasteiger partial charge in [0.2, 0.25) is 11.3 Å². The Kier molecular flexibility index (Phi) is 5.35. The van der Waals surface area contributed by atoms with Crippen LogP contribution in [-0.2, 0) is 11.3 Å². The van der Waals surface area contributed by atoms with Crippen LogP contribution in [0.1, 0.15) is 6.92 Å². The summed E-state index contributed by atoms with van der Waals surface area (Å²) in [5.74, 6) is 0.479. The molecule has 0 aliphatic rings. The second-order valence-corrected chi connectivity index (χ2v) is 7.06. The molecule has 0 bridgehead atoms. The fourth-order valence-corrected chi connectivity index (χ4v) is 3.72. The smallest absolute Gasteiger partial charge is 0.247 e. The Hall–Kier alpha value is -3.52. The normalized spacial score (nSPS) is 10.8. The molecule has 0 unspecified atom stereocenters. The number of fused-ring (bicyclic) bond motifs is 1. The zero-order valence-corrected chi connectivity index (χ0v) is 16.5. The molecular weight excluding hydrogens is 388 g/mol. The fourth-order valence-electron chi connectivity index (χ4n) is 3.00. The summed E-state index contributed by atoms with van der Waals surface area (Å²) in [4.78, 5) is 29.0. The molecule has 1 N–H and O–H groups in total. The van der Waals surface area contributed by atoms with Crippen molar-refractivity contribution in [1.82, 2.24) is 14.8 Å². The first-order chi connectivity index (χ1) is 14.2. The molecule has 8 heteroatoms. The number of carbonyl (C=O) groups excluding carboxylic acids is 1. The Balaban J connectivity index is 1.52. The molecule has 0 atom stereocenters. The van der Waals surface area contributed by atoms with Crippen LogP contribution in [0.5, 0.6) is 5.75 Å². The highest BCUT2D eigenvalue weighted by atomic mass is 32.1. The minimum Gasteiger partial charge on any atom is -0.493 e. The average Bonchev–Trinajstić information content (AvgIpc) is 3.19. The Morgan fingerprint density at radius 1 is 1.17 bits per heavy atom. The largest absolute Gasteiger partial charge is 0.493 e. The number of amides is 1. The number of rotatable bonds is 6. The number of hydrogen-bond acceptors (Lipinski definition) is 6. The second kappa shape index (κ2) is 8.24. The maximum atomic E-state index is 12.5. The number of anilines is 1. The number of nitrogens with one attached hydrogen (secondary N) is 1. The van der Waals surface area contributed by atoms with Gasteiger partial charge in [0.1, 0.15) is 12.3 Å². The lowest BCUT2D eigenvalue weighted by atomic mass is 10.1. The van der Waals surface area contributed by atoms with Gasteiger partial charge in [-0.1, -0.05) is 24.3 Å². The third-order valence-electron chi connectivity index (χ3n) is 4.27. The molecule has 29 heavy (non-hydrogen) atoms. The van der Waals surface area contributed by atoms with Crippen molar-refractivity contribution in [3.8, 4) is 17.0 Å². The average molecular weight is 406 g/mol. The van der Waals surface area contributed by atoms with Crippen molar-refractivity contribution in [3.05, 3.63) is 70.3 Å². The predicted octanol–water partition coefficient (Wildman–Crippen LogP) is 3.56. The molecule has 2 heterocycles. The quantitative estimate of drug-likeness (QED) is 0.529. The summed E-state index contributed by atoms with van der Waals surface area (Å²) < 4.78 is 7.16. The predicted molar refractivity (Wildman–Crippen MR) is 113 cm³/mol. The van der Waals surface area contributed by atoms with Crippen LogP contribution in [0.4, 0.5) is 5.13 Å². The van der Waals surface area contributed by atoms with E-state index in [9.17, 15) is 9.59 Å². The number of benzene rings is 2. The molecule has 0 radical (unpaired) electrons. The summed E-state index contributed by atoms with van der Waals surface area (Å²) in [6, 6.07) is 14.7. The van der Waals surface area contributed by atoms with E-state index in [-0.39, 0.29) is 17.9 Å². The van der Waals surface area contributed by atoms with E-state index in [1.54, 1.807) is 24.3 Å². The molecule has 2 aromatic carbocycles. The Morgan fingerprint density at radius 2 is 1.97 bits per heavy atom. The van der Waals surface area contributed by atoms with Crippen LogP contribution in [0.2, 0.25) is 0 Å². The van der Waals surface area contributed by atoms with Gasteiger partial charge in [0, 0.05) is 16.3 Å². The van der Waals surface area contributed by atoms with Gasteiger partial charge < -0.3 is 10.1 Å². The third kappa shape index (κ3) is 4.02. The molecule has 0 aliphatic heterocycles. The lowest BCUT2D eigenvalue weighted by molar-refractivity contribution is -0.116. The molecule has 4 aromatic rings. The van der Waals surface area contributed by atoms with Crippen LogP contribution in [0, 0.1) is 0 Å². The van der Waals surface area contributed by atoms with Gasteiger partial charge in [-0.25, -0.2) is 4.98 Å². The summed E-state index contributed by atoms with van der Waals surface area (Å²) >= 11 is 1.34. The van der Waals surface area contributed by atoms with Crippen molar-refractivity contribution in [2.75, 3.05) is 11.9 Å². The summed E-state index contributed by atoms with van der Waals surface area (Å²) in [7, 11) is 0. The molecule has 1 amide bonds. The monoisotopic (exact) mass is 406 g/mol. The molecule has 146 valence electrons. The van der Waals surface area contributed by atoms with Crippen LogP contribution in [0.25, 0.3) is 22.2 Å². The van der Waals surface area contributed by atoms with E-state index in [1.807, 2.05) is 36.6 Å². The van der Waals surface area contributed by atoms with Crippen molar-refractivity contribution in [2.24, 2.45) is 0 Å². The maximum absolute atomic E-state index is 12.5. The summed E-state index contributed by atoms with van der Waals surface area (Å²) in [5.41, 5.74) is 2.05. The van der Waals surface area contributed by atoms with Gasteiger partial charge in [0.25, 0.3) is 0 Å². The maximum Gasteiger partial charge on any atom is 0.247 e. The van der Waals surface area contributed by atoms with Crippen molar-refractivity contribution in [1.29, 1.82) is 0 Å². The number of thiazole rings is 1. The minimum absolute atomic E-state index is 0.0226. The molecule has 4 rings (SSSR count). The number of para-hydroxylation sites is 2. The van der Waals surface area contributed by atoms with Crippen molar-refractivity contribution >= 4 is 33.3 Å². The first-order valence-corrected chi connectivity index (χ1v) is 9.96. The van der Waals surface area contributed by atoms with Crippen LogP contribution in [0.3, 0.4) is 0 Å². The standard InChI is InChI=1S/C21H18N4O3S/c1-2-28-19-10-6-4-7-14(19)16-13-29-21(23-16)24-20(27)12-25-17-9-5-3-8-15(17)18(26)11-22-25/h3-11,13H,2,12H2,1H3,(H,23,24,27). The van der Waals surface area contributed by atoms with E-state index in [0.29, 0.717) is 22.6 Å². The third-order valence-corrected chi connectivity index (χ3v) is 5.03. The zero-order chi connectivity index (χ0) is 20.2. The molecule has 7 nitrogen and oxygen atoms in total. The fraction of sp³-hybridized carbons (Fsp3) is 0.143. The first kappa shape index (κ1) is 18.8. The van der Waals surface area contributed by atoms with Gasteiger partial charge in [0.05, 0.1) is 24.0 Å². The Labute approximate surface area is 170 Å². The highest BCUT2D eigenvalue weighted by molar-refractivity contribution is 7.14. The van der Waals surface area contributed by atoms with Crippen molar-refractivity contribution < 1.29 is 9.53 Å². The molecule has 0 saturated heterocycles. The van der Waals surface area contributed by atoms with Crippen molar-refractivity contribution in [3.63, 3.8) is 0 Å². The van der Waals surface area contributed by atoms with E-state index in [4.69, 9.17) is 4.74 Å². The van der Waals surface area contributed by atoms with Crippen LogP contribution >= 0.6 is 11.3 Å². The van der Waals surface area contributed by atoms with E-state index in [2.05, 4.69) is 15.4 Å². The van der Waals surface area contributed by atoms with Gasteiger partial charge in [-0.2, -0.15) is 5.10 Å². The summed E-state index contributed by atoms with van der Waals surface area (Å²) in [6.07, 6.45) is 1.22. The first-order valence-electron chi connectivity index (χ1n) is 9.08. The van der Waals surface area contributed by atoms with Gasteiger partial charge in [0.15, 0.2) is 5.13 Å². The number of aromatic nitrogens is 3. The molecule has 0 saturated carbocycles. The number of carbonyl (C=O) groups is 1. The van der Waals surface area contributed by atoms with Crippen LogP contribution in [0.15, 0.2) is 64.9 Å². The Morgan fingerprint density at radius 3 is 2.83 bits per heavy atom. The van der Waals surface area contributed by atoms with Crippen molar-refractivity contribution in [2.45, 2.75) is 13.5 Å². The Bertz CT molecular complexity index is 1230. The lowest BCUT2D eigenvalue weighted by Gasteiger charge is -2.09. The number of ether oxygens (including phenoxy) is 1. The number of hydrogen-bond donors (Lipinski definition) is 1. The van der Waals surface area contributed by atoms with E-state index < -0.39 is 0 Å². The van der Waals surface area contributed by atoms with Crippen LogP contribution < -0.4 is 15.5 Å². The van der Waals surface area contributed by atoms with Gasteiger partial charge in [-0.3, -0.25) is 14.3 Å². The van der Waals surface area contributed by atoms with Gasteiger partial charge >= 0.3 is 0 Å². The topological polar surface area (TPSA) is 86.1 Å². The van der Waals surface area contributed by atoms with Crippen LogP contribution in [-0.4, -0.2) is 27.3 Å². The minimum atomic E-state index is -0.273. The molecule has 0 aliphatic carbocycles. The molecule has 0 spiro atoms. The lowest BCUT2D eigenvalue weighted by Crippen LogP contribution is -2.22. The van der Waals surface area contributed by atoms with E-state index in [1.165, 1.54) is 22.2 Å². The molecule has 2 aromatic heterocycles. The second-order valence-electron chi connectivity index (χ2n) is 6.20. The molecular formula is C21H18N4O3S. The highest BCUT2D eigenvalue weighted by Gasteiger charge is 2.13. The highest BCUT2D eigenvalue weighted by Crippen LogP contribution is 2.32. The molecule has 0 fully saturated rings. The van der Waals surface area contributed by atoms with E-state index >= 15 is 0 Å². The summed E-state index contributed by atoms with van der Waals surface area (Å²) in [6.45, 7) is 2.47. The van der Waals surface area contributed by atoms with E-state index in [0.717, 1.165) is 17.0 Å². The zero-order valence-electron chi connectivity index (χ0n) is 15.7. The van der Waals surface area contributed by atoms with Gasteiger partial charge in [-0.15, -0.1) is 11.3 Å². The summed E-state index contributed by atoms with van der Waals surface area (Å²) in [5, 5.41) is 9.77.